The Morgan fingerprint density at radius 3 is 1.96 bits per heavy atom. The maximum absolute atomic E-state index is 12.2. The van der Waals surface area contributed by atoms with E-state index in [1.807, 2.05) is 60.7 Å². The van der Waals surface area contributed by atoms with E-state index in [0.717, 1.165) is 11.1 Å². The van der Waals surface area contributed by atoms with E-state index >= 15 is 0 Å². The summed E-state index contributed by atoms with van der Waals surface area (Å²) in [5.41, 5.74) is 1.93. The molecule has 0 unspecified atom stereocenters. The zero-order valence-electron chi connectivity index (χ0n) is 12.3. The molecule has 0 fully saturated rings. The van der Waals surface area contributed by atoms with E-state index in [-0.39, 0.29) is 12.3 Å². The first kappa shape index (κ1) is 18.1. The maximum Gasteiger partial charge on any atom is 0.225 e. The van der Waals surface area contributed by atoms with Crippen molar-refractivity contribution in [3.63, 3.8) is 0 Å². The fourth-order valence-corrected chi connectivity index (χ4v) is 2.45. The lowest BCUT2D eigenvalue weighted by atomic mass is 10.1. The minimum Gasteiger partial charge on any atom is -0.336 e. The Morgan fingerprint density at radius 2 is 1.43 bits per heavy atom. The second-order valence-electron chi connectivity index (χ2n) is 5.07. The number of rotatable bonds is 6. The monoisotopic (exact) mass is 370 g/mol. The molecule has 2 aromatic carbocycles. The largest absolute Gasteiger partial charge is 0.336 e. The standard InChI is InChI=1S/C17H17Cl3N2O/c18-17(19,20)16(21-12-14-9-5-2-6-10-14)22-15(23)11-13-7-3-1-4-8-13/h1-10,16,21H,11-12H2,(H,22,23)/t16-/m0/s1. The molecule has 0 bridgehead atoms. The van der Waals surface area contributed by atoms with Crippen LogP contribution in [0, 0.1) is 0 Å². The van der Waals surface area contributed by atoms with Crippen molar-refractivity contribution in [3.8, 4) is 0 Å². The maximum atomic E-state index is 12.2. The predicted octanol–water partition coefficient (Wildman–Crippen LogP) is 3.83. The molecule has 0 aliphatic carbocycles. The molecule has 0 saturated heterocycles. The van der Waals surface area contributed by atoms with Gasteiger partial charge in [-0.15, -0.1) is 0 Å². The molecule has 2 rings (SSSR count). The third-order valence-electron chi connectivity index (χ3n) is 3.19. The average Bonchev–Trinajstić information content (AvgIpc) is 2.52. The molecule has 1 amide bonds. The molecule has 0 saturated carbocycles. The minimum absolute atomic E-state index is 0.215. The van der Waals surface area contributed by atoms with Crippen molar-refractivity contribution in [1.29, 1.82) is 0 Å². The van der Waals surface area contributed by atoms with Crippen LogP contribution in [0.5, 0.6) is 0 Å². The third kappa shape index (κ3) is 6.40. The van der Waals surface area contributed by atoms with Crippen molar-refractivity contribution in [2.24, 2.45) is 0 Å². The SMILES string of the molecule is O=C(Cc1ccccc1)N[C@H](NCc1ccccc1)C(Cl)(Cl)Cl. The number of halogens is 3. The van der Waals surface area contributed by atoms with Crippen molar-refractivity contribution < 1.29 is 4.79 Å². The zero-order valence-corrected chi connectivity index (χ0v) is 14.6. The summed E-state index contributed by atoms with van der Waals surface area (Å²) in [7, 11) is 0. The quantitative estimate of drug-likeness (QED) is 0.598. The summed E-state index contributed by atoms with van der Waals surface area (Å²) in [4.78, 5) is 12.2. The number of carbonyl (C=O) groups is 1. The van der Waals surface area contributed by atoms with Gasteiger partial charge in [-0.2, -0.15) is 0 Å². The molecule has 0 aromatic heterocycles. The molecule has 0 heterocycles. The second kappa shape index (κ2) is 8.55. The van der Waals surface area contributed by atoms with Gasteiger partial charge in [-0.1, -0.05) is 95.5 Å². The number of benzene rings is 2. The molecule has 1 atom stereocenters. The lowest BCUT2D eigenvalue weighted by Gasteiger charge is -2.26. The summed E-state index contributed by atoms with van der Waals surface area (Å²) in [5.74, 6) is -0.215. The molecule has 0 aliphatic rings. The molecular formula is C17H17Cl3N2O. The summed E-state index contributed by atoms with van der Waals surface area (Å²) in [6.45, 7) is 0.477. The van der Waals surface area contributed by atoms with Crippen LogP contribution in [0.15, 0.2) is 60.7 Å². The second-order valence-corrected chi connectivity index (χ2v) is 7.44. The van der Waals surface area contributed by atoms with Crippen LogP contribution in [0.2, 0.25) is 0 Å². The van der Waals surface area contributed by atoms with E-state index in [0.29, 0.717) is 6.54 Å². The van der Waals surface area contributed by atoms with Crippen LogP contribution in [0.3, 0.4) is 0 Å². The fourth-order valence-electron chi connectivity index (χ4n) is 2.06. The van der Waals surface area contributed by atoms with Crippen molar-refractivity contribution in [2.45, 2.75) is 22.9 Å². The van der Waals surface area contributed by atoms with Gasteiger partial charge in [-0.05, 0) is 11.1 Å². The van der Waals surface area contributed by atoms with E-state index in [1.54, 1.807) is 0 Å². The Kier molecular flexibility index (Phi) is 6.72. The highest BCUT2D eigenvalue weighted by molar-refractivity contribution is 6.68. The van der Waals surface area contributed by atoms with E-state index in [1.165, 1.54) is 0 Å². The molecule has 2 aromatic rings. The predicted molar refractivity (Wildman–Crippen MR) is 95.6 cm³/mol. The first-order valence-electron chi connectivity index (χ1n) is 7.12. The average molecular weight is 372 g/mol. The molecule has 122 valence electrons. The van der Waals surface area contributed by atoms with Gasteiger partial charge in [0.15, 0.2) is 0 Å². The van der Waals surface area contributed by atoms with Crippen molar-refractivity contribution in [3.05, 3.63) is 71.8 Å². The van der Waals surface area contributed by atoms with Gasteiger partial charge in [-0.3, -0.25) is 10.1 Å². The topological polar surface area (TPSA) is 41.1 Å². The fraction of sp³-hybridized carbons (Fsp3) is 0.235. The Hall–Kier alpha value is -1.26. The van der Waals surface area contributed by atoms with Gasteiger partial charge in [0.1, 0.15) is 6.17 Å². The first-order chi connectivity index (χ1) is 10.9. The van der Waals surface area contributed by atoms with Gasteiger partial charge in [0, 0.05) is 6.54 Å². The van der Waals surface area contributed by atoms with Gasteiger partial charge in [-0.25, -0.2) is 0 Å². The Morgan fingerprint density at radius 1 is 0.913 bits per heavy atom. The Bertz CT molecular complexity index is 615. The smallest absolute Gasteiger partial charge is 0.225 e. The Labute approximate surface area is 150 Å². The highest BCUT2D eigenvalue weighted by Crippen LogP contribution is 2.29. The van der Waals surface area contributed by atoms with Crippen LogP contribution >= 0.6 is 34.8 Å². The lowest BCUT2D eigenvalue weighted by molar-refractivity contribution is -0.121. The molecular weight excluding hydrogens is 355 g/mol. The summed E-state index contributed by atoms with van der Waals surface area (Å²) in [6.07, 6.45) is -0.561. The molecule has 0 radical (unpaired) electrons. The van der Waals surface area contributed by atoms with Gasteiger partial charge in [0.05, 0.1) is 6.42 Å². The number of hydrogen-bond donors (Lipinski definition) is 2. The minimum atomic E-state index is -1.65. The van der Waals surface area contributed by atoms with Gasteiger partial charge in [0.2, 0.25) is 9.70 Å². The molecule has 3 nitrogen and oxygen atoms in total. The molecule has 6 heteroatoms. The lowest BCUT2D eigenvalue weighted by Crippen LogP contribution is -2.53. The molecule has 2 N–H and O–H groups in total. The van der Waals surface area contributed by atoms with Crippen molar-refractivity contribution >= 4 is 40.7 Å². The normalized spacial score (nSPS) is 12.7. The zero-order chi connectivity index (χ0) is 16.7. The van der Waals surface area contributed by atoms with Crippen LogP contribution in [0.1, 0.15) is 11.1 Å². The number of hydrogen-bond acceptors (Lipinski definition) is 2. The first-order valence-corrected chi connectivity index (χ1v) is 8.26. The van der Waals surface area contributed by atoms with E-state index < -0.39 is 9.96 Å². The van der Waals surface area contributed by atoms with E-state index in [9.17, 15) is 4.79 Å². The molecule has 0 spiro atoms. The van der Waals surface area contributed by atoms with Gasteiger partial charge in [0.25, 0.3) is 0 Å². The van der Waals surface area contributed by atoms with Crippen molar-refractivity contribution in [2.75, 3.05) is 0 Å². The summed E-state index contributed by atoms with van der Waals surface area (Å²) < 4.78 is -1.65. The number of carbonyl (C=O) groups excluding carboxylic acids is 1. The summed E-state index contributed by atoms with van der Waals surface area (Å²) in [6, 6.07) is 19.1. The van der Waals surface area contributed by atoms with Gasteiger partial charge >= 0.3 is 0 Å². The van der Waals surface area contributed by atoms with Crippen LogP contribution in [-0.4, -0.2) is 15.9 Å². The number of alkyl halides is 3. The van der Waals surface area contributed by atoms with Crippen LogP contribution in [-0.2, 0) is 17.8 Å². The molecule has 0 aliphatic heterocycles. The number of nitrogens with one attached hydrogen (secondary N) is 2. The highest BCUT2D eigenvalue weighted by atomic mass is 35.6. The van der Waals surface area contributed by atoms with Crippen molar-refractivity contribution in [1.82, 2.24) is 10.6 Å². The highest BCUT2D eigenvalue weighted by Gasteiger charge is 2.33. The molecule has 23 heavy (non-hydrogen) atoms. The summed E-state index contributed by atoms with van der Waals surface area (Å²) in [5, 5.41) is 5.79. The van der Waals surface area contributed by atoms with Gasteiger partial charge < -0.3 is 5.32 Å². The summed E-state index contributed by atoms with van der Waals surface area (Å²) >= 11 is 17.9. The Balaban J connectivity index is 1.94. The van der Waals surface area contributed by atoms with E-state index in [4.69, 9.17) is 34.8 Å². The van der Waals surface area contributed by atoms with Crippen LogP contribution < -0.4 is 10.6 Å². The number of amides is 1. The van der Waals surface area contributed by atoms with E-state index in [2.05, 4.69) is 10.6 Å². The van der Waals surface area contributed by atoms with Crippen LogP contribution in [0.4, 0.5) is 0 Å². The third-order valence-corrected chi connectivity index (χ3v) is 3.85. The van der Waals surface area contributed by atoms with Crippen LogP contribution in [0.25, 0.3) is 0 Å².